The summed E-state index contributed by atoms with van der Waals surface area (Å²) in [6.07, 6.45) is 3.42. The number of alkyl halides is 1. The van der Waals surface area contributed by atoms with Crippen molar-refractivity contribution in [3.8, 4) is 0 Å². The molecule has 0 saturated heterocycles. The lowest BCUT2D eigenvalue weighted by atomic mass is 9.99. The fourth-order valence-corrected chi connectivity index (χ4v) is 2.27. The van der Waals surface area contributed by atoms with Crippen LogP contribution in [0, 0.1) is 0 Å². The van der Waals surface area contributed by atoms with E-state index in [0.717, 1.165) is 12.8 Å². The van der Waals surface area contributed by atoms with Gasteiger partial charge >= 0.3 is 0 Å². The minimum atomic E-state index is 0.00338. The number of hydrogen-bond donors (Lipinski definition) is 0. The van der Waals surface area contributed by atoms with E-state index >= 15 is 0 Å². The molecule has 0 spiro atoms. The van der Waals surface area contributed by atoms with Crippen LogP contribution in [0.25, 0.3) is 0 Å². The summed E-state index contributed by atoms with van der Waals surface area (Å²) in [6.45, 7) is 4.28. The van der Waals surface area contributed by atoms with E-state index in [1.54, 1.807) is 7.11 Å². The molecule has 0 saturated carbocycles. The van der Waals surface area contributed by atoms with E-state index < -0.39 is 0 Å². The maximum Gasteiger partial charge on any atom is 0.0622 e. The van der Waals surface area contributed by atoms with E-state index in [9.17, 15) is 0 Å². The van der Waals surface area contributed by atoms with Crippen LogP contribution in [0.2, 0.25) is 0 Å². The first-order valence-electron chi connectivity index (χ1n) is 5.79. The highest BCUT2D eigenvalue weighted by molar-refractivity contribution is 9.09. The van der Waals surface area contributed by atoms with Crippen molar-refractivity contribution in [2.75, 3.05) is 7.11 Å². The molecule has 0 bridgehead atoms. The van der Waals surface area contributed by atoms with E-state index in [-0.39, 0.29) is 5.60 Å². The molecule has 90 valence electrons. The average molecular weight is 285 g/mol. The van der Waals surface area contributed by atoms with Gasteiger partial charge in [0.2, 0.25) is 0 Å². The van der Waals surface area contributed by atoms with Crippen LogP contribution >= 0.6 is 15.9 Å². The maximum absolute atomic E-state index is 5.41. The summed E-state index contributed by atoms with van der Waals surface area (Å²) in [5.41, 5.74) is 1.36. The Hall–Kier alpha value is -0.340. The first-order valence-corrected chi connectivity index (χ1v) is 6.71. The van der Waals surface area contributed by atoms with Crippen LogP contribution in [-0.2, 0) is 4.74 Å². The van der Waals surface area contributed by atoms with Crippen molar-refractivity contribution in [3.63, 3.8) is 0 Å². The highest BCUT2D eigenvalue weighted by Crippen LogP contribution is 2.29. The van der Waals surface area contributed by atoms with Crippen LogP contribution < -0.4 is 0 Å². The van der Waals surface area contributed by atoms with Crippen LogP contribution in [0.4, 0.5) is 0 Å². The Morgan fingerprint density at radius 3 is 2.44 bits per heavy atom. The van der Waals surface area contributed by atoms with Gasteiger partial charge in [-0.3, -0.25) is 0 Å². The zero-order chi connectivity index (χ0) is 12.0. The molecule has 1 nitrogen and oxygen atoms in total. The quantitative estimate of drug-likeness (QED) is 0.687. The Morgan fingerprint density at radius 2 is 1.88 bits per heavy atom. The summed E-state index contributed by atoms with van der Waals surface area (Å²) < 4.78 is 5.41. The third-order valence-electron chi connectivity index (χ3n) is 2.95. The summed E-state index contributed by atoms with van der Waals surface area (Å²) in [6, 6.07) is 10.6. The Kier molecular flexibility index (Phi) is 5.50. The molecule has 1 unspecified atom stereocenters. The topological polar surface area (TPSA) is 9.23 Å². The second-order valence-corrected chi connectivity index (χ2v) is 5.84. The first kappa shape index (κ1) is 13.7. The molecule has 0 aliphatic carbocycles. The van der Waals surface area contributed by atoms with Crippen LogP contribution in [0.5, 0.6) is 0 Å². The van der Waals surface area contributed by atoms with Gasteiger partial charge in [-0.2, -0.15) is 0 Å². The van der Waals surface area contributed by atoms with Gasteiger partial charge in [-0.1, -0.05) is 46.3 Å². The normalized spacial score (nSPS) is 13.8. The molecule has 0 heterocycles. The summed E-state index contributed by atoms with van der Waals surface area (Å²) >= 11 is 3.73. The van der Waals surface area contributed by atoms with Gasteiger partial charge in [-0.05, 0) is 38.7 Å². The number of hydrogen-bond acceptors (Lipinski definition) is 1. The van der Waals surface area contributed by atoms with Crippen molar-refractivity contribution in [1.29, 1.82) is 0 Å². The predicted molar refractivity (Wildman–Crippen MR) is 73.0 cm³/mol. The molecule has 2 heteroatoms. The zero-order valence-corrected chi connectivity index (χ0v) is 12.0. The van der Waals surface area contributed by atoms with Crippen LogP contribution in [0.3, 0.4) is 0 Å². The second kappa shape index (κ2) is 6.41. The largest absolute Gasteiger partial charge is 0.379 e. The van der Waals surface area contributed by atoms with E-state index in [1.165, 1.54) is 12.0 Å². The lowest BCUT2D eigenvalue weighted by Crippen LogP contribution is -2.22. The number of halogens is 1. The molecule has 0 N–H and O–H groups in total. The lowest BCUT2D eigenvalue weighted by Gasteiger charge is -2.23. The van der Waals surface area contributed by atoms with Crippen molar-refractivity contribution in [2.45, 2.75) is 43.5 Å². The van der Waals surface area contributed by atoms with Crippen molar-refractivity contribution in [1.82, 2.24) is 0 Å². The van der Waals surface area contributed by atoms with Crippen molar-refractivity contribution < 1.29 is 4.74 Å². The smallest absolute Gasteiger partial charge is 0.0622 e. The molecule has 0 aliphatic rings. The van der Waals surface area contributed by atoms with Gasteiger partial charge in [0.15, 0.2) is 0 Å². The minimum absolute atomic E-state index is 0.00338. The third-order valence-corrected chi connectivity index (χ3v) is 3.94. The van der Waals surface area contributed by atoms with Gasteiger partial charge in [0.1, 0.15) is 0 Å². The standard InChI is InChI=1S/C14H21BrO/c1-14(2,16-3)11-7-10-13(15)12-8-5-4-6-9-12/h4-6,8-9,13H,7,10-11H2,1-3H3. The fraction of sp³-hybridized carbons (Fsp3) is 0.571. The van der Waals surface area contributed by atoms with Gasteiger partial charge in [-0.15, -0.1) is 0 Å². The monoisotopic (exact) mass is 284 g/mol. The van der Waals surface area contributed by atoms with E-state index in [1.807, 2.05) is 0 Å². The number of ether oxygens (including phenoxy) is 1. The van der Waals surface area contributed by atoms with E-state index in [4.69, 9.17) is 4.74 Å². The van der Waals surface area contributed by atoms with Crippen molar-refractivity contribution in [3.05, 3.63) is 35.9 Å². The third kappa shape index (κ3) is 4.67. The van der Waals surface area contributed by atoms with Gasteiger partial charge in [-0.25, -0.2) is 0 Å². The van der Waals surface area contributed by atoms with Crippen molar-refractivity contribution >= 4 is 15.9 Å². The second-order valence-electron chi connectivity index (χ2n) is 4.73. The molecule has 0 aliphatic heterocycles. The minimum Gasteiger partial charge on any atom is -0.379 e. The summed E-state index contributed by atoms with van der Waals surface area (Å²) in [5.74, 6) is 0. The molecule has 1 aromatic carbocycles. The molecule has 0 amide bonds. The van der Waals surface area contributed by atoms with Crippen LogP contribution in [0.15, 0.2) is 30.3 Å². The Bertz CT molecular complexity index is 295. The molecule has 0 radical (unpaired) electrons. The summed E-state index contributed by atoms with van der Waals surface area (Å²) in [4.78, 5) is 0.460. The van der Waals surface area contributed by atoms with Gasteiger partial charge in [0.25, 0.3) is 0 Å². The van der Waals surface area contributed by atoms with Gasteiger partial charge < -0.3 is 4.74 Å². The summed E-state index contributed by atoms with van der Waals surface area (Å²) in [7, 11) is 1.78. The SMILES string of the molecule is COC(C)(C)CCCC(Br)c1ccccc1. The van der Waals surface area contributed by atoms with Gasteiger partial charge in [0.05, 0.1) is 5.60 Å². The average Bonchev–Trinajstić information content (AvgIpc) is 2.30. The van der Waals surface area contributed by atoms with Gasteiger partial charge in [0, 0.05) is 11.9 Å². The maximum atomic E-state index is 5.41. The molecule has 1 atom stereocenters. The molecule has 0 fully saturated rings. The molecule has 1 rings (SSSR count). The van der Waals surface area contributed by atoms with E-state index in [0.29, 0.717) is 4.83 Å². The number of benzene rings is 1. The van der Waals surface area contributed by atoms with Crippen LogP contribution in [-0.4, -0.2) is 12.7 Å². The predicted octanol–water partition coefficient (Wildman–Crippen LogP) is 4.72. The Balaban J connectivity index is 2.34. The first-order chi connectivity index (χ1) is 7.55. The number of methoxy groups -OCH3 is 1. The Morgan fingerprint density at radius 1 is 1.25 bits per heavy atom. The molecule has 1 aromatic rings. The Labute approximate surface area is 107 Å². The van der Waals surface area contributed by atoms with E-state index in [2.05, 4.69) is 60.1 Å². The highest BCUT2D eigenvalue weighted by atomic mass is 79.9. The zero-order valence-electron chi connectivity index (χ0n) is 10.4. The fourth-order valence-electron chi connectivity index (χ4n) is 1.64. The molecular weight excluding hydrogens is 264 g/mol. The van der Waals surface area contributed by atoms with Crippen molar-refractivity contribution in [2.24, 2.45) is 0 Å². The number of rotatable bonds is 6. The summed E-state index contributed by atoms with van der Waals surface area (Å²) in [5, 5.41) is 0. The molecule has 0 aromatic heterocycles. The van der Waals surface area contributed by atoms with Crippen LogP contribution in [0.1, 0.15) is 43.5 Å². The lowest BCUT2D eigenvalue weighted by molar-refractivity contribution is 0.0135. The highest BCUT2D eigenvalue weighted by Gasteiger charge is 2.16. The molecular formula is C14H21BrO. The molecule has 16 heavy (non-hydrogen) atoms.